The van der Waals surface area contributed by atoms with Crippen LogP contribution in [-0.2, 0) is 21.4 Å². The second-order valence-corrected chi connectivity index (χ2v) is 10.9. The van der Waals surface area contributed by atoms with Crippen LogP contribution in [0.15, 0.2) is 46.3 Å². The van der Waals surface area contributed by atoms with Crippen LogP contribution in [0.25, 0.3) is 10.2 Å². The molecule has 8 nitrogen and oxygen atoms in total. The molecule has 0 aliphatic carbocycles. The topological polar surface area (TPSA) is 90.2 Å². The summed E-state index contributed by atoms with van der Waals surface area (Å²) in [6.07, 6.45) is 1.11. The van der Waals surface area contributed by atoms with Gasteiger partial charge < -0.3 is 14.0 Å². The van der Waals surface area contributed by atoms with Gasteiger partial charge in [0.05, 0.1) is 21.0 Å². The van der Waals surface area contributed by atoms with Gasteiger partial charge in [-0.1, -0.05) is 11.3 Å². The number of aromatic nitrogens is 1. The molecule has 1 saturated heterocycles. The number of ether oxygens (including phenoxy) is 2. The lowest BCUT2D eigenvalue weighted by Crippen LogP contribution is -2.42. The van der Waals surface area contributed by atoms with Crippen LogP contribution in [0, 0.1) is 11.7 Å². The van der Waals surface area contributed by atoms with Crippen molar-refractivity contribution in [1.29, 1.82) is 0 Å². The number of nitrogens with zero attached hydrogens (tertiary/aromatic N) is 3. The third-order valence-corrected chi connectivity index (χ3v) is 8.80. The van der Waals surface area contributed by atoms with Gasteiger partial charge in [-0.3, -0.25) is 4.79 Å². The molecule has 1 unspecified atom stereocenters. The molecule has 0 spiro atoms. The highest BCUT2D eigenvalue weighted by Gasteiger charge is 2.33. The van der Waals surface area contributed by atoms with Crippen molar-refractivity contribution in [2.45, 2.75) is 31.2 Å². The van der Waals surface area contributed by atoms with Gasteiger partial charge in [0.1, 0.15) is 5.82 Å². The second-order valence-electron chi connectivity index (χ2n) is 7.91. The molecule has 3 heterocycles. The van der Waals surface area contributed by atoms with Crippen LogP contribution in [0.3, 0.4) is 0 Å². The Morgan fingerprint density at radius 2 is 1.94 bits per heavy atom. The highest BCUT2D eigenvalue weighted by molar-refractivity contribution is 7.89. The second kappa shape index (κ2) is 8.54. The fourth-order valence-corrected chi connectivity index (χ4v) is 6.79. The summed E-state index contributed by atoms with van der Waals surface area (Å²) in [7, 11) is -3.82. The van der Waals surface area contributed by atoms with E-state index in [0.29, 0.717) is 42.2 Å². The molecule has 2 aromatic carbocycles. The van der Waals surface area contributed by atoms with Crippen LogP contribution in [-0.4, -0.2) is 43.1 Å². The maximum Gasteiger partial charge on any atom is 0.252 e. The number of aryl methyl sites for hydroxylation is 1. The van der Waals surface area contributed by atoms with Crippen LogP contribution in [0.1, 0.15) is 19.8 Å². The van der Waals surface area contributed by atoms with E-state index in [0.717, 1.165) is 22.3 Å². The monoisotopic (exact) mass is 491 g/mol. The third kappa shape index (κ3) is 4.04. The van der Waals surface area contributed by atoms with Crippen molar-refractivity contribution in [3.63, 3.8) is 0 Å². The summed E-state index contributed by atoms with van der Waals surface area (Å²) < 4.78 is 54.2. The summed E-state index contributed by atoms with van der Waals surface area (Å²) in [6.45, 7) is 3.13. The van der Waals surface area contributed by atoms with E-state index in [1.54, 1.807) is 0 Å². The summed E-state index contributed by atoms with van der Waals surface area (Å²) in [5, 5.41) is 0. The van der Waals surface area contributed by atoms with Crippen molar-refractivity contribution in [1.82, 2.24) is 8.87 Å². The zero-order valence-corrected chi connectivity index (χ0v) is 19.5. The number of hydrogen-bond donors (Lipinski definition) is 0. The Morgan fingerprint density at radius 3 is 2.67 bits per heavy atom. The summed E-state index contributed by atoms with van der Waals surface area (Å²) in [5.41, 5.74) is 0.905. The number of thiazole rings is 1. The smallest absolute Gasteiger partial charge is 0.252 e. The van der Waals surface area contributed by atoms with Crippen molar-refractivity contribution in [2.24, 2.45) is 10.9 Å². The molecule has 0 saturated carbocycles. The molecule has 2 aliphatic rings. The molecule has 1 atom stereocenters. The van der Waals surface area contributed by atoms with Crippen molar-refractivity contribution >= 4 is 37.5 Å². The van der Waals surface area contributed by atoms with E-state index in [1.165, 1.54) is 27.8 Å². The van der Waals surface area contributed by atoms with Crippen LogP contribution in [0.2, 0.25) is 0 Å². The Labute approximate surface area is 193 Å². The van der Waals surface area contributed by atoms with Gasteiger partial charge >= 0.3 is 0 Å². The lowest BCUT2D eigenvalue weighted by Gasteiger charge is -2.30. The zero-order valence-electron chi connectivity index (χ0n) is 17.9. The number of hydrogen-bond acceptors (Lipinski definition) is 6. The van der Waals surface area contributed by atoms with Gasteiger partial charge in [0, 0.05) is 31.8 Å². The predicted octanol–water partition coefficient (Wildman–Crippen LogP) is 3.12. The number of benzene rings is 2. The first-order valence-electron chi connectivity index (χ1n) is 10.6. The summed E-state index contributed by atoms with van der Waals surface area (Å²) in [5.74, 6) is -0.0626. The van der Waals surface area contributed by atoms with E-state index in [2.05, 4.69) is 4.99 Å². The van der Waals surface area contributed by atoms with Gasteiger partial charge in [-0.15, -0.1) is 0 Å². The molecule has 0 radical (unpaired) electrons. The largest absolute Gasteiger partial charge is 0.454 e. The average Bonchev–Trinajstić information content (AvgIpc) is 3.40. The Balaban J connectivity index is 1.43. The molecule has 0 bridgehead atoms. The molecule has 3 aromatic rings. The van der Waals surface area contributed by atoms with Crippen molar-refractivity contribution in [2.75, 3.05) is 19.9 Å². The van der Waals surface area contributed by atoms with E-state index in [-0.39, 0.29) is 24.1 Å². The minimum atomic E-state index is -3.82. The van der Waals surface area contributed by atoms with Gasteiger partial charge in [0.25, 0.3) is 5.91 Å². The minimum Gasteiger partial charge on any atom is -0.454 e. The van der Waals surface area contributed by atoms with Crippen LogP contribution >= 0.6 is 11.3 Å². The first-order valence-corrected chi connectivity index (χ1v) is 12.9. The normalized spacial score (nSPS) is 19.3. The van der Waals surface area contributed by atoms with Gasteiger partial charge in [-0.2, -0.15) is 9.30 Å². The molecule has 33 heavy (non-hydrogen) atoms. The lowest BCUT2D eigenvalue weighted by molar-refractivity contribution is -0.122. The van der Waals surface area contributed by atoms with E-state index < -0.39 is 21.8 Å². The number of sulfonamides is 1. The van der Waals surface area contributed by atoms with Crippen LogP contribution in [0.5, 0.6) is 11.5 Å². The predicted molar refractivity (Wildman–Crippen MR) is 120 cm³/mol. The Morgan fingerprint density at radius 1 is 1.21 bits per heavy atom. The lowest BCUT2D eigenvalue weighted by atomic mass is 9.99. The molecular weight excluding hydrogens is 469 g/mol. The molecule has 11 heteroatoms. The maximum atomic E-state index is 13.2. The molecule has 2 aliphatic heterocycles. The number of amides is 1. The van der Waals surface area contributed by atoms with E-state index in [1.807, 2.05) is 23.6 Å². The first kappa shape index (κ1) is 22.1. The van der Waals surface area contributed by atoms with Crippen molar-refractivity contribution in [3.8, 4) is 11.5 Å². The van der Waals surface area contributed by atoms with Crippen LogP contribution < -0.4 is 14.3 Å². The molecule has 174 valence electrons. The van der Waals surface area contributed by atoms with Crippen molar-refractivity contribution in [3.05, 3.63) is 47.0 Å². The van der Waals surface area contributed by atoms with Crippen LogP contribution in [0.4, 0.5) is 4.39 Å². The average molecular weight is 492 g/mol. The highest BCUT2D eigenvalue weighted by atomic mass is 32.2. The molecule has 5 rings (SSSR count). The number of carbonyl (C=O) groups excluding carboxylic acids is 1. The SMILES string of the molecule is CCn1c(=NC(=O)C2CCCN(S(=O)(=O)c3ccc(F)cc3)C2)sc2cc3c(cc21)OCO3. The Hall–Kier alpha value is -2.76. The zero-order chi connectivity index (χ0) is 23.2. The standard InChI is InChI=1S/C22H22FN3O5S2/c1-2-26-17-10-18-19(31-13-30-18)11-20(17)32-22(26)24-21(27)14-4-3-9-25(12-14)33(28,29)16-7-5-15(23)6-8-16/h5-8,10-11,14H,2-4,9,12-13H2,1H3. The van der Waals surface area contributed by atoms with Gasteiger partial charge in [-0.05, 0) is 44.0 Å². The van der Waals surface area contributed by atoms with Crippen molar-refractivity contribution < 1.29 is 27.1 Å². The Kier molecular flexibility index (Phi) is 5.71. The van der Waals surface area contributed by atoms with E-state index in [9.17, 15) is 17.6 Å². The summed E-state index contributed by atoms with van der Waals surface area (Å²) >= 11 is 1.38. The van der Waals surface area contributed by atoms with E-state index >= 15 is 0 Å². The fourth-order valence-electron chi connectivity index (χ4n) is 4.15. The Bertz CT molecular complexity index is 1400. The molecule has 0 N–H and O–H groups in total. The van der Waals surface area contributed by atoms with Gasteiger partial charge in [0.2, 0.25) is 16.8 Å². The molecule has 1 amide bonds. The number of halogens is 1. The minimum absolute atomic E-state index is 0.0137. The quantitative estimate of drug-likeness (QED) is 0.560. The first-order chi connectivity index (χ1) is 15.9. The molecule has 1 aromatic heterocycles. The fraction of sp³-hybridized carbons (Fsp3) is 0.364. The maximum absolute atomic E-state index is 13.2. The van der Waals surface area contributed by atoms with Gasteiger partial charge in [-0.25, -0.2) is 12.8 Å². The van der Waals surface area contributed by atoms with E-state index in [4.69, 9.17) is 9.47 Å². The summed E-state index contributed by atoms with van der Waals surface area (Å²) in [6, 6.07) is 8.49. The number of piperidine rings is 1. The third-order valence-electron chi connectivity index (χ3n) is 5.88. The number of rotatable bonds is 4. The van der Waals surface area contributed by atoms with Gasteiger partial charge in [0.15, 0.2) is 16.3 Å². The molecular formula is C22H22FN3O5S2. The number of carbonyl (C=O) groups is 1. The number of fused-ring (bicyclic) bond motifs is 2. The summed E-state index contributed by atoms with van der Waals surface area (Å²) in [4.78, 5) is 18.0. The molecule has 1 fully saturated rings. The highest BCUT2D eigenvalue weighted by Crippen LogP contribution is 2.37.